The smallest absolute Gasteiger partial charge is 0.267 e. The summed E-state index contributed by atoms with van der Waals surface area (Å²) in [7, 11) is 0. The molecule has 1 amide bonds. The van der Waals surface area contributed by atoms with Crippen molar-refractivity contribution in [3.63, 3.8) is 0 Å². The fourth-order valence-electron chi connectivity index (χ4n) is 1.56. The van der Waals surface area contributed by atoms with E-state index in [0.717, 1.165) is 6.42 Å². The molecule has 1 aliphatic rings. The number of aromatic nitrogens is 2. The molecule has 1 aliphatic heterocycles. The fourth-order valence-corrected chi connectivity index (χ4v) is 1.91. The van der Waals surface area contributed by atoms with Gasteiger partial charge in [-0.15, -0.1) is 0 Å². The lowest BCUT2D eigenvalue weighted by Crippen LogP contribution is -2.32. The Morgan fingerprint density at radius 2 is 2.38 bits per heavy atom. The summed E-state index contributed by atoms with van der Waals surface area (Å²) in [5.74, 6) is 0.564. The summed E-state index contributed by atoms with van der Waals surface area (Å²) in [4.78, 5) is 28.6. The van der Waals surface area contributed by atoms with Gasteiger partial charge in [0.1, 0.15) is 10.3 Å². The van der Waals surface area contributed by atoms with Crippen LogP contribution in [0.2, 0.25) is 0 Å². The highest BCUT2D eigenvalue weighted by molar-refractivity contribution is 9.10. The van der Waals surface area contributed by atoms with Gasteiger partial charge in [-0.3, -0.25) is 9.59 Å². The van der Waals surface area contributed by atoms with Gasteiger partial charge in [-0.2, -0.15) is 0 Å². The predicted octanol–water partition coefficient (Wildman–Crippen LogP) is 0.223. The average molecular weight is 287 g/mol. The lowest BCUT2D eigenvalue weighted by molar-refractivity contribution is -0.119. The minimum atomic E-state index is -0.229. The van der Waals surface area contributed by atoms with Crippen LogP contribution in [-0.4, -0.2) is 28.5 Å². The molecule has 2 heterocycles. The van der Waals surface area contributed by atoms with Gasteiger partial charge in [0, 0.05) is 19.0 Å². The van der Waals surface area contributed by atoms with Gasteiger partial charge in [0.2, 0.25) is 5.91 Å². The molecule has 0 radical (unpaired) electrons. The number of aromatic amines is 1. The van der Waals surface area contributed by atoms with Crippen LogP contribution >= 0.6 is 15.9 Å². The molecule has 3 N–H and O–H groups in total. The Morgan fingerprint density at radius 3 is 3.06 bits per heavy atom. The molecular formula is C9H11BrN4O2. The summed E-state index contributed by atoms with van der Waals surface area (Å²) in [5, 5.41) is 5.85. The number of carbonyl (C=O) groups is 1. The van der Waals surface area contributed by atoms with Gasteiger partial charge >= 0.3 is 0 Å². The van der Waals surface area contributed by atoms with Crippen molar-refractivity contribution in [1.82, 2.24) is 15.3 Å². The summed E-state index contributed by atoms with van der Waals surface area (Å²) in [5.41, 5.74) is -0.229. The van der Waals surface area contributed by atoms with Crippen molar-refractivity contribution in [1.29, 1.82) is 0 Å². The molecule has 0 bridgehead atoms. The first-order valence-electron chi connectivity index (χ1n) is 4.93. The molecule has 1 aromatic heterocycles. The summed E-state index contributed by atoms with van der Waals surface area (Å²) in [6.07, 6.45) is 2.71. The highest BCUT2D eigenvalue weighted by Gasteiger charge is 2.20. The fraction of sp³-hybridized carbons (Fsp3) is 0.444. The van der Waals surface area contributed by atoms with E-state index < -0.39 is 0 Å². The van der Waals surface area contributed by atoms with Gasteiger partial charge in [0.25, 0.3) is 5.56 Å². The highest BCUT2D eigenvalue weighted by atomic mass is 79.9. The Hall–Kier alpha value is -1.37. The molecule has 0 aromatic carbocycles. The van der Waals surface area contributed by atoms with Crippen molar-refractivity contribution in [2.75, 3.05) is 11.9 Å². The molecule has 0 aliphatic carbocycles. The van der Waals surface area contributed by atoms with Crippen LogP contribution in [0.5, 0.6) is 0 Å². The van der Waals surface area contributed by atoms with E-state index in [1.54, 1.807) is 0 Å². The van der Waals surface area contributed by atoms with Crippen LogP contribution in [0.3, 0.4) is 0 Å². The van der Waals surface area contributed by atoms with Crippen molar-refractivity contribution >= 4 is 27.7 Å². The van der Waals surface area contributed by atoms with Crippen LogP contribution in [-0.2, 0) is 4.79 Å². The number of halogens is 1. The third-order valence-corrected chi connectivity index (χ3v) is 3.13. The second-order valence-corrected chi connectivity index (χ2v) is 4.37. The zero-order valence-corrected chi connectivity index (χ0v) is 10.0. The number of anilines is 1. The SMILES string of the molecule is O=C1CCC(CNc2nc[nH]c(=O)c2Br)N1. The van der Waals surface area contributed by atoms with Crippen LogP contribution in [0.25, 0.3) is 0 Å². The second-order valence-electron chi connectivity index (χ2n) is 3.58. The van der Waals surface area contributed by atoms with Crippen LogP contribution < -0.4 is 16.2 Å². The molecule has 1 aromatic rings. The molecule has 2 rings (SSSR count). The standard InChI is InChI=1S/C9H11BrN4O2/c10-7-8(12-4-13-9(7)16)11-3-5-1-2-6(15)14-5/h4-5H,1-3H2,(H,14,15)(H2,11,12,13,16). The molecule has 0 saturated carbocycles. The van der Waals surface area contributed by atoms with Crippen LogP contribution in [0.15, 0.2) is 15.6 Å². The number of hydrogen-bond donors (Lipinski definition) is 3. The van der Waals surface area contributed by atoms with E-state index >= 15 is 0 Å². The van der Waals surface area contributed by atoms with E-state index in [2.05, 4.69) is 36.5 Å². The zero-order valence-electron chi connectivity index (χ0n) is 8.42. The first-order chi connectivity index (χ1) is 7.66. The van der Waals surface area contributed by atoms with Crippen molar-refractivity contribution in [3.8, 4) is 0 Å². The van der Waals surface area contributed by atoms with Crippen molar-refractivity contribution in [2.24, 2.45) is 0 Å². The van der Waals surface area contributed by atoms with Gasteiger partial charge < -0.3 is 15.6 Å². The van der Waals surface area contributed by atoms with E-state index in [1.807, 2.05) is 0 Å². The van der Waals surface area contributed by atoms with E-state index in [1.165, 1.54) is 6.33 Å². The number of amides is 1. The molecule has 7 heteroatoms. The summed E-state index contributed by atoms with van der Waals surface area (Å²) in [6, 6.07) is 0.112. The van der Waals surface area contributed by atoms with Crippen LogP contribution in [0, 0.1) is 0 Å². The summed E-state index contributed by atoms with van der Waals surface area (Å²) in [6.45, 7) is 0.570. The molecule has 1 unspecified atom stereocenters. The number of hydrogen-bond acceptors (Lipinski definition) is 4. The second kappa shape index (κ2) is 4.65. The van der Waals surface area contributed by atoms with Crippen LogP contribution in [0.1, 0.15) is 12.8 Å². The lowest BCUT2D eigenvalue weighted by Gasteiger charge is -2.11. The maximum absolute atomic E-state index is 11.2. The molecule has 1 saturated heterocycles. The van der Waals surface area contributed by atoms with Gasteiger partial charge in [0.05, 0.1) is 6.33 Å². The normalized spacial score (nSPS) is 19.6. The monoisotopic (exact) mass is 286 g/mol. The highest BCUT2D eigenvalue weighted by Crippen LogP contribution is 2.14. The van der Waals surface area contributed by atoms with E-state index in [0.29, 0.717) is 23.3 Å². The molecule has 1 atom stereocenters. The average Bonchev–Trinajstić information content (AvgIpc) is 2.67. The van der Waals surface area contributed by atoms with Gasteiger partial charge in [-0.25, -0.2) is 4.98 Å². The Morgan fingerprint density at radius 1 is 1.56 bits per heavy atom. The van der Waals surface area contributed by atoms with E-state index in [9.17, 15) is 9.59 Å². The van der Waals surface area contributed by atoms with E-state index in [-0.39, 0.29) is 17.5 Å². The lowest BCUT2D eigenvalue weighted by atomic mass is 10.2. The van der Waals surface area contributed by atoms with Crippen molar-refractivity contribution < 1.29 is 4.79 Å². The zero-order chi connectivity index (χ0) is 11.5. The maximum atomic E-state index is 11.2. The Labute approximate surface area is 100.0 Å². The summed E-state index contributed by atoms with van der Waals surface area (Å²) < 4.78 is 0.374. The minimum Gasteiger partial charge on any atom is -0.367 e. The topological polar surface area (TPSA) is 86.9 Å². The Balaban J connectivity index is 1.97. The molecule has 0 spiro atoms. The largest absolute Gasteiger partial charge is 0.367 e. The number of nitrogens with zero attached hydrogens (tertiary/aromatic N) is 1. The molecule has 86 valence electrons. The molecule has 6 nitrogen and oxygen atoms in total. The van der Waals surface area contributed by atoms with Crippen LogP contribution in [0.4, 0.5) is 5.82 Å². The predicted molar refractivity (Wildman–Crippen MR) is 62.2 cm³/mol. The van der Waals surface area contributed by atoms with Gasteiger partial charge in [-0.1, -0.05) is 0 Å². The maximum Gasteiger partial charge on any atom is 0.267 e. The molecule has 1 fully saturated rings. The van der Waals surface area contributed by atoms with E-state index in [4.69, 9.17) is 0 Å². The number of nitrogens with one attached hydrogen (secondary N) is 3. The number of rotatable bonds is 3. The Bertz CT molecular complexity index is 459. The minimum absolute atomic E-state index is 0.0738. The molecule has 16 heavy (non-hydrogen) atoms. The van der Waals surface area contributed by atoms with Gasteiger partial charge in [-0.05, 0) is 22.4 Å². The number of H-pyrrole nitrogens is 1. The summed E-state index contributed by atoms with van der Waals surface area (Å²) >= 11 is 3.15. The van der Waals surface area contributed by atoms with Crippen molar-refractivity contribution in [2.45, 2.75) is 18.9 Å². The number of carbonyl (C=O) groups excluding carboxylic acids is 1. The third kappa shape index (κ3) is 2.41. The van der Waals surface area contributed by atoms with Crippen molar-refractivity contribution in [3.05, 3.63) is 21.2 Å². The van der Waals surface area contributed by atoms with Gasteiger partial charge in [0.15, 0.2) is 0 Å². The first kappa shape index (κ1) is 11.1. The first-order valence-corrected chi connectivity index (χ1v) is 5.72. The Kier molecular flexibility index (Phi) is 3.23. The molecular weight excluding hydrogens is 276 g/mol. The quantitative estimate of drug-likeness (QED) is 0.742. The third-order valence-electron chi connectivity index (χ3n) is 2.40.